The number of hydrogen-bond donors (Lipinski definition) is 1. The summed E-state index contributed by atoms with van der Waals surface area (Å²) in [7, 11) is 0. The number of anilines is 2. The number of fused-ring (bicyclic) bond motifs is 1. The number of carbonyl (C=O) groups excluding carboxylic acids is 1. The maximum Gasteiger partial charge on any atom is 0.417 e. The van der Waals surface area contributed by atoms with Crippen molar-refractivity contribution in [3.05, 3.63) is 40.1 Å². The molecule has 1 amide bonds. The Morgan fingerprint density at radius 3 is 2.52 bits per heavy atom. The van der Waals surface area contributed by atoms with Crippen molar-refractivity contribution in [1.82, 2.24) is 19.4 Å². The minimum atomic E-state index is -4.69. The highest BCUT2D eigenvalue weighted by Gasteiger charge is 2.41. The molecule has 1 saturated heterocycles. The number of thiophene rings is 1. The van der Waals surface area contributed by atoms with E-state index in [9.17, 15) is 22.8 Å². The third kappa shape index (κ3) is 4.10. The van der Waals surface area contributed by atoms with Gasteiger partial charge < -0.3 is 15.5 Å². The topological polar surface area (TPSA) is 97.4 Å². The molecule has 2 N–H and O–H groups in total. The molecule has 0 bridgehead atoms. The Balaban J connectivity index is 1.65. The van der Waals surface area contributed by atoms with Gasteiger partial charge in [-0.1, -0.05) is 17.9 Å². The Kier molecular flexibility index (Phi) is 6.42. The molecule has 0 saturated carbocycles. The molecule has 4 aromatic rings. The molecule has 14 heteroatoms. The number of piperazine rings is 1. The van der Waals surface area contributed by atoms with Crippen molar-refractivity contribution in [3.8, 4) is 10.4 Å². The number of rotatable bonds is 3. The second-order valence-electron chi connectivity index (χ2n) is 10.2. The number of nitrogens with zero attached hydrogens (tertiary/aromatic N) is 5. The maximum atomic E-state index is 14.8. The van der Waals surface area contributed by atoms with Crippen LogP contribution in [0.2, 0.25) is 0 Å². The highest BCUT2D eigenvalue weighted by Crippen LogP contribution is 2.52. The molecule has 8 nitrogen and oxygen atoms in total. The number of nitrogen functional groups attached to an aromatic ring is 1. The first-order valence-electron chi connectivity index (χ1n) is 12.6. The third-order valence-corrected chi connectivity index (χ3v) is 10.7. The van der Waals surface area contributed by atoms with E-state index in [2.05, 4.69) is 16.5 Å². The molecule has 0 spiro atoms. The van der Waals surface area contributed by atoms with Crippen LogP contribution < -0.4 is 16.3 Å². The largest absolute Gasteiger partial charge is 0.417 e. The first-order chi connectivity index (χ1) is 18.9. The van der Waals surface area contributed by atoms with Crippen molar-refractivity contribution in [1.29, 1.82) is 0 Å². The van der Waals surface area contributed by atoms with Gasteiger partial charge in [0.05, 0.1) is 20.7 Å². The summed E-state index contributed by atoms with van der Waals surface area (Å²) in [6, 6.07) is 0.315. The van der Waals surface area contributed by atoms with E-state index in [0.29, 0.717) is 39.6 Å². The lowest BCUT2D eigenvalue weighted by molar-refractivity contribution is -0.137. The number of halogens is 3. The molecule has 2 aliphatic heterocycles. The molecule has 0 aliphatic carbocycles. The molecule has 2 aliphatic rings. The predicted octanol–water partition coefficient (Wildman–Crippen LogP) is 5.61. The molecule has 1 unspecified atom stereocenters. The smallest absolute Gasteiger partial charge is 0.375 e. The maximum absolute atomic E-state index is 14.8. The lowest BCUT2D eigenvalue weighted by atomic mass is 9.99. The summed E-state index contributed by atoms with van der Waals surface area (Å²) in [5.74, 6) is 0.396. The molecular formula is C26H25F3N6O2S3. The van der Waals surface area contributed by atoms with Gasteiger partial charge in [-0.2, -0.15) is 18.2 Å². The quantitative estimate of drug-likeness (QED) is 0.303. The highest BCUT2D eigenvalue weighted by molar-refractivity contribution is 7.99. The van der Waals surface area contributed by atoms with E-state index in [4.69, 9.17) is 5.73 Å². The van der Waals surface area contributed by atoms with Crippen LogP contribution in [0.15, 0.2) is 33.8 Å². The Labute approximate surface area is 239 Å². The number of benzene rings is 1. The number of hydrogen-bond acceptors (Lipinski definition) is 9. The van der Waals surface area contributed by atoms with Crippen LogP contribution in [-0.4, -0.2) is 56.3 Å². The van der Waals surface area contributed by atoms with Crippen LogP contribution in [0.1, 0.15) is 32.4 Å². The third-order valence-electron chi connectivity index (χ3n) is 7.40. The summed E-state index contributed by atoms with van der Waals surface area (Å²) >= 11 is 3.73. The zero-order chi connectivity index (χ0) is 28.7. The molecule has 0 radical (unpaired) electrons. The lowest BCUT2D eigenvalue weighted by Crippen LogP contribution is -2.58. The zero-order valence-electron chi connectivity index (χ0n) is 21.8. The first kappa shape index (κ1) is 27.1. The molecule has 5 heterocycles. The SMILES string of the molecule is C=CC(=O)N1[C@H](C)CN(c2nc(=O)n3c4c(c(-c5scc6sc(N)nc56)c(C(F)(F)F)cc24)SCC3C)C[C@@H]1C. The molecule has 3 aromatic heterocycles. The molecule has 3 atom stereocenters. The van der Waals surface area contributed by atoms with Gasteiger partial charge in [0.15, 0.2) is 5.13 Å². The lowest BCUT2D eigenvalue weighted by Gasteiger charge is -2.45. The molecule has 1 aromatic carbocycles. The van der Waals surface area contributed by atoms with Gasteiger partial charge in [0.25, 0.3) is 0 Å². The highest BCUT2D eigenvalue weighted by atomic mass is 32.2. The predicted molar refractivity (Wildman–Crippen MR) is 156 cm³/mol. The zero-order valence-corrected chi connectivity index (χ0v) is 24.2. The average Bonchev–Trinajstić information content (AvgIpc) is 3.44. The van der Waals surface area contributed by atoms with Crippen molar-refractivity contribution in [2.24, 2.45) is 0 Å². The van der Waals surface area contributed by atoms with E-state index in [1.807, 2.05) is 25.7 Å². The normalized spacial score (nSPS) is 21.4. The Morgan fingerprint density at radius 2 is 1.88 bits per heavy atom. The summed E-state index contributed by atoms with van der Waals surface area (Å²) in [5.41, 5.74) is 5.48. The average molecular weight is 607 g/mol. The fourth-order valence-corrected chi connectivity index (χ4v) is 9.11. The molecule has 210 valence electrons. The molecular weight excluding hydrogens is 582 g/mol. The van der Waals surface area contributed by atoms with Gasteiger partial charge in [-0.25, -0.2) is 9.78 Å². The van der Waals surface area contributed by atoms with Crippen LogP contribution in [0, 0.1) is 0 Å². The standard InChI is InChI=1S/C26H25F3N6O2S3/c1-5-17(36)34-11(2)7-33(8-12(34)3)23-14-6-15(26(27,28)29)18(21-19-16(10-39-21)40-24(30)31-19)22-20(14)35(25(37)32-23)13(4)9-38-22/h5-6,10-13H,1,7-9H2,2-4H3,(H2,30,31)/t11-,12+,13?. The summed E-state index contributed by atoms with van der Waals surface area (Å²) in [4.78, 5) is 38.9. The second kappa shape index (κ2) is 9.48. The molecule has 1 fully saturated rings. The van der Waals surface area contributed by atoms with Gasteiger partial charge in [0.2, 0.25) is 5.91 Å². The van der Waals surface area contributed by atoms with Crippen molar-refractivity contribution >= 4 is 72.4 Å². The Hall–Kier alpha value is -3.10. The van der Waals surface area contributed by atoms with Crippen LogP contribution in [0.4, 0.5) is 24.1 Å². The summed E-state index contributed by atoms with van der Waals surface area (Å²) in [6.45, 7) is 9.78. The van der Waals surface area contributed by atoms with Crippen LogP contribution in [0.3, 0.4) is 0 Å². The van der Waals surface area contributed by atoms with Gasteiger partial charge >= 0.3 is 11.9 Å². The summed E-state index contributed by atoms with van der Waals surface area (Å²) in [6.07, 6.45) is -3.43. The van der Waals surface area contributed by atoms with Gasteiger partial charge in [-0.3, -0.25) is 9.36 Å². The Morgan fingerprint density at radius 1 is 1.18 bits per heavy atom. The van der Waals surface area contributed by atoms with Crippen molar-refractivity contribution in [2.75, 3.05) is 29.5 Å². The van der Waals surface area contributed by atoms with Crippen LogP contribution in [0.25, 0.3) is 31.6 Å². The van der Waals surface area contributed by atoms with Crippen LogP contribution in [0.5, 0.6) is 0 Å². The summed E-state index contributed by atoms with van der Waals surface area (Å²) < 4.78 is 46.7. The van der Waals surface area contributed by atoms with E-state index in [1.165, 1.54) is 45.1 Å². The fraction of sp³-hybridized carbons (Fsp3) is 0.385. The van der Waals surface area contributed by atoms with Gasteiger partial charge in [0, 0.05) is 58.2 Å². The molecule has 6 rings (SSSR count). The minimum Gasteiger partial charge on any atom is -0.375 e. The number of thioether (sulfide) groups is 1. The van der Waals surface area contributed by atoms with E-state index in [0.717, 1.165) is 10.8 Å². The summed E-state index contributed by atoms with van der Waals surface area (Å²) in [5, 5.41) is 2.31. The number of aromatic nitrogens is 3. The van der Waals surface area contributed by atoms with E-state index in [1.54, 1.807) is 10.3 Å². The number of thiazole rings is 1. The van der Waals surface area contributed by atoms with Crippen LogP contribution in [-0.2, 0) is 11.0 Å². The van der Waals surface area contributed by atoms with Crippen molar-refractivity contribution < 1.29 is 18.0 Å². The monoisotopic (exact) mass is 606 g/mol. The van der Waals surface area contributed by atoms with E-state index in [-0.39, 0.29) is 45.9 Å². The van der Waals surface area contributed by atoms with Gasteiger partial charge in [0.1, 0.15) is 11.3 Å². The number of nitrogens with two attached hydrogens (primary N) is 1. The van der Waals surface area contributed by atoms with Crippen molar-refractivity contribution in [3.63, 3.8) is 0 Å². The van der Waals surface area contributed by atoms with Gasteiger partial charge in [-0.05, 0) is 32.9 Å². The number of carbonyl (C=O) groups is 1. The number of alkyl halides is 3. The Bertz CT molecular complexity index is 1750. The van der Waals surface area contributed by atoms with E-state index < -0.39 is 17.4 Å². The van der Waals surface area contributed by atoms with Crippen LogP contribution >= 0.6 is 34.4 Å². The molecule has 40 heavy (non-hydrogen) atoms. The fourth-order valence-electron chi connectivity index (χ4n) is 5.85. The number of amides is 1. The van der Waals surface area contributed by atoms with Crippen molar-refractivity contribution in [2.45, 2.75) is 50.0 Å². The van der Waals surface area contributed by atoms with Gasteiger partial charge in [-0.15, -0.1) is 23.1 Å². The first-order valence-corrected chi connectivity index (χ1v) is 15.3. The second-order valence-corrected chi connectivity index (χ2v) is 13.1. The minimum absolute atomic E-state index is 0.0237. The van der Waals surface area contributed by atoms with E-state index >= 15 is 0 Å².